The van der Waals surface area contributed by atoms with Crippen LogP contribution in [0, 0.1) is 0 Å². The molecule has 0 bridgehead atoms. The standard InChI is InChI=1S/C25H39NO2S2/c1-2-3-4-5-6-7-8-9-10-11-12-13-16-20-28-24(27)19-21-29-25-26-22-17-14-15-18-23(22)30-25/h14-15,17-18H,2-13,16,19-21H2,1H3. The number of nitrogens with zero attached hydrogens (tertiary/aromatic N) is 1. The van der Waals surface area contributed by atoms with Crippen LogP contribution in [0.5, 0.6) is 0 Å². The van der Waals surface area contributed by atoms with Crippen LogP contribution in [0.1, 0.15) is 96.8 Å². The summed E-state index contributed by atoms with van der Waals surface area (Å²) in [6.45, 7) is 2.85. The number of thiazole rings is 1. The minimum atomic E-state index is -0.0810. The van der Waals surface area contributed by atoms with Gasteiger partial charge in [-0.25, -0.2) is 4.98 Å². The van der Waals surface area contributed by atoms with Crippen LogP contribution in [0.4, 0.5) is 0 Å². The van der Waals surface area contributed by atoms with E-state index in [2.05, 4.69) is 18.0 Å². The van der Waals surface area contributed by atoms with Gasteiger partial charge < -0.3 is 4.74 Å². The van der Waals surface area contributed by atoms with Crippen molar-refractivity contribution in [3.63, 3.8) is 0 Å². The lowest BCUT2D eigenvalue weighted by molar-refractivity contribution is -0.143. The maximum atomic E-state index is 11.9. The Balaban J connectivity index is 1.35. The van der Waals surface area contributed by atoms with Crippen LogP contribution in [0.15, 0.2) is 28.6 Å². The first-order chi connectivity index (χ1) is 14.8. The van der Waals surface area contributed by atoms with Crippen molar-refractivity contribution in [2.75, 3.05) is 12.4 Å². The van der Waals surface area contributed by atoms with E-state index in [0.717, 1.165) is 22.0 Å². The molecule has 0 saturated heterocycles. The Labute approximate surface area is 191 Å². The van der Waals surface area contributed by atoms with Crippen LogP contribution >= 0.6 is 23.1 Å². The summed E-state index contributed by atoms with van der Waals surface area (Å²) in [6.07, 6.45) is 17.8. The maximum absolute atomic E-state index is 11.9. The molecule has 0 radical (unpaired) electrons. The molecule has 2 rings (SSSR count). The van der Waals surface area contributed by atoms with Crippen LogP contribution in [-0.2, 0) is 9.53 Å². The van der Waals surface area contributed by atoms with E-state index in [-0.39, 0.29) is 5.97 Å². The number of carbonyl (C=O) groups excluding carboxylic acids is 1. The minimum absolute atomic E-state index is 0.0810. The zero-order valence-electron chi connectivity index (χ0n) is 18.7. The highest BCUT2D eigenvalue weighted by Gasteiger charge is 2.07. The molecule has 1 aromatic carbocycles. The second-order valence-electron chi connectivity index (χ2n) is 8.01. The summed E-state index contributed by atoms with van der Waals surface area (Å²) < 4.78 is 7.60. The molecule has 0 fully saturated rings. The molecule has 0 spiro atoms. The molecular formula is C25H39NO2S2. The Hall–Kier alpha value is -1.07. The van der Waals surface area contributed by atoms with Crippen molar-refractivity contribution in [2.24, 2.45) is 0 Å². The molecule has 2 aromatic rings. The molecule has 30 heavy (non-hydrogen) atoms. The number of rotatable bonds is 18. The molecule has 0 atom stereocenters. The summed E-state index contributed by atoms with van der Waals surface area (Å²) in [5.41, 5.74) is 1.04. The Morgan fingerprint density at radius 1 is 0.900 bits per heavy atom. The maximum Gasteiger partial charge on any atom is 0.306 e. The van der Waals surface area contributed by atoms with E-state index < -0.39 is 0 Å². The van der Waals surface area contributed by atoms with Crippen molar-refractivity contribution in [3.05, 3.63) is 24.3 Å². The van der Waals surface area contributed by atoms with Gasteiger partial charge in [0.05, 0.1) is 23.2 Å². The van der Waals surface area contributed by atoms with Crippen molar-refractivity contribution >= 4 is 39.3 Å². The van der Waals surface area contributed by atoms with E-state index in [9.17, 15) is 4.79 Å². The number of thioether (sulfide) groups is 1. The SMILES string of the molecule is CCCCCCCCCCCCCCCOC(=O)CCSc1nc2ccccc2s1. The fraction of sp³-hybridized carbons (Fsp3) is 0.680. The number of ether oxygens (including phenoxy) is 1. The first kappa shape index (κ1) is 25.2. The summed E-state index contributed by atoms with van der Waals surface area (Å²) in [5.74, 6) is 0.652. The molecule has 168 valence electrons. The van der Waals surface area contributed by atoms with E-state index in [4.69, 9.17) is 4.74 Å². The summed E-state index contributed by atoms with van der Waals surface area (Å²) in [7, 11) is 0. The Morgan fingerprint density at radius 3 is 2.13 bits per heavy atom. The summed E-state index contributed by atoms with van der Waals surface area (Å²) in [5, 5.41) is 0. The molecule has 5 heteroatoms. The fourth-order valence-electron chi connectivity index (χ4n) is 3.51. The molecule has 0 aliphatic rings. The smallest absolute Gasteiger partial charge is 0.306 e. The average Bonchev–Trinajstić information content (AvgIpc) is 3.17. The first-order valence-electron chi connectivity index (χ1n) is 11.9. The molecule has 0 aliphatic carbocycles. The number of hydrogen-bond acceptors (Lipinski definition) is 5. The Bertz CT molecular complexity index is 668. The average molecular weight is 450 g/mol. The molecule has 0 aliphatic heterocycles. The second kappa shape index (κ2) is 16.6. The van der Waals surface area contributed by atoms with Crippen molar-refractivity contribution < 1.29 is 9.53 Å². The van der Waals surface area contributed by atoms with Gasteiger partial charge in [0.25, 0.3) is 0 Å². The largest absolute Gasteiger partial charge is 0.466 e. The molecule has 0 saturated carbocycles. The van der Waals surface area contributed by atoms with Crippen molar-refractivity contribution in [2.45, 2.75) is 101 Å². The van der Waals surface area contributed by atoms with E-state index in [1.54, 1.807) is 23.1 Å². The van der Waals surface area contributed by atoms with Crippen LogP contribution in [0.25, 0.3) is 10.2 Å². The van der Waals surface area contributed by atoms with E-state index in [1.165, 1.54) is 81.7 Å². The quantitative estimate of drug-likeness (QED) is 0.130. The zero-order valence-corrected chi connectivity index (χ0v) is 20.3. The highest BCUT2D eigenvalue weighted by atomic mass is 32.2. The molecule has 1 aromatic heterocycles. The van der Waals surface area contributed by atoms with E-state index in [0.29, 0.717) is 13.0 Å². The number of unbranched alkanes of at least 4 members (excludes halogenated alkanes) is 12. The predicted molar refractivity (Wildman–Crippen MR) is 132 cm³/mol. The lowest BCUT2D eigenvalue weighted by Gasteiger charge is -2.05. The monoisotopic (exact) mass is 449 g/mol. The van der Waals surface area contributed by atoms with E-state index in [1.807, 2.05) is 18.2 Å². The third kappa shape index (κ3) is 11.4. The lowest BCUT2D eigenvalue weighted by Crippen LogP contribution is -2.06. The molecule has 0 unspecified atom stereocenters. The first-order valence-corrected chi connectivity index (χ1v) is 13.7. The van der Waals surface area contributed by atoms with Gasteiger partial charge in [0.2, 0.25) is 0 Å². The third-order valence-corrected chi connectivity index (χ3v) is 7.50. The second-order valence-corrected chi connectivity index (χ2v) is 10.4. The van der Waals surface area contributed by atoms with Crippen molar-refractivity contribution in [3.8, 4) is 0 Å². The van der Waals surface area contributed by atoms with Crippen molar-refractivity contribution in [1.82, 2.24) is 4.98 Å². The fourth-order valence-corrected chi connectivity index (χ4v) is 5.57. The van der Waals surface area contributed by atoms with Gasteiger partial charge in [-0.15, -0.1) is 11.3 Å². The third-order valence-electron chi connectivity index (χ3n) is 5.32. The highest BCUT2D eigenvalue weighted by Crippen LogP contribution is 2.29. The molecule has 3 nitrogen and oxygen atoms in total. The van der Waals surface area contributed by atoms with Gasteiger partial charge in [-0.05, 0) is 18.6 Å². The predicted octanol–water partition coefficient (Wildman–Crippen LogP) is 8.41. The minimum Gasteiger partial charge on any atom is -0.466 e. The number of aromatic nitrogens is 1. The van der Waals surface area contributed by atoms with Gasteiger partial charge in [0.1, 0.15) is 0 Å². The van der Waals surface area contributed by atoms with Crippen molar-refractivity contribution in [1.29, 1.82) is 0 Å². The van der Waals surface area contributed by atoms with Gasteiger partial charge in [0, 0.05) is 5.75 Å². The summed E-state index contributed by atoms with van der Waals surface area (Å²) in [4.78, 5) is 16.5. The highest BCUT2D eigenvalue weighted by molar-refractivity contribution is 8.01. The van der Waals surface area contributed by atoms with Gasteiger partial charge in [-0.2, -0.15) is 0 Å². The van der Waals surface area contributed by atoms with Crippen LogP contribution in [-0.4, -0.2) is 23.3 Å². The van der Waals surface area contributed by atoms with E-state index >= 15 is 0 Å². The van der Waals surface area contributed by atoms with Crippen LogP contribution in [0.2, 0.25) is 0 Å². The zero-order chi connectivity index (χ0) is 21.3. The van der Waals surface area contributed by atoms with Gasteiger partial charge in [0.15, 0.2) is 4.34 Å². The van der Waals surface area contributed by atoms with Crippen LogP contribution < -0.4 is 0 Å². The molecule has 0 N–H and O–H groups in total. The summed E-state index contributed by atoms with van der Waals surface area (Å²) >= 11 is 3.33. The topological polar surface area (TPSA) is 39.2 Å². The molecule has 0 amide bonds. The Morgan fingerprint density at radius 2 is 1.50 bits per heavy atom. The number of benzene rings is 1. The van der Waals surface area contributed by atoms with Gasteiger partial charge in [-0.3, -0.25) is 4.79 Å². The number of para-hydroxylation sites is 1. The lowest BCUT2D eigenvalue weighted by atomic mass is 10.0. The number of hydrogen-bond donors (Lipinski definition) is 0. The Kier molecular flexibility index (Phi) is 13.9. The molecule has 1 heterocycles. The number of fused-ring (bicyclic) bond motifs is 1. The van der Waals surface area contributed by atoms with Crippen LogP contribution in [0.3, 0.4) is 0 Å². The normalized spacial score (nSPS) is 11.2. The molecular weight excluding hydrogens is 410 g/mol. The number of esters is 1. The van der Waals surface area contributed by atoms with Gasteiger partial charge in [-0.1, -0.05) is 108 Å². The number of carbonyl (C=O) groups is 1. The van der Waals surface area contributed by atoms with Gasteiger partial charge >= 0.3 is 5.97 Å². The summed E-state index contributed by atoms with van der Waals surface area (Å²) in [6, 6.07) is 8.15.